The van der Waals surface area contributed by atoms with Gasteiger partial charge in [-0.05, 0) is 36.2 Å². The number of pyridine rings is 1. The summed E-state index contributed by atoms with van der Waals surface area (Å²) in [5.41, 5.74) is 2.51. The Balaban J connectivity index is 1.70. The summed E-state index contributed by atoms with van der Waals surface area (Å²) in [5, 5.41) is -0.430. The van der Waals surface area contributed by atoms with Gasteiger partial charge in [-0.2, -0.15) is 0 Å². The molecular weight excluding hydrogens is 300 g/mol. The molecule has 2 aromatic rings. The van der Waals surface area contributed by atoms with Crippen molar-refractivity contribution in [1.82, 2.24) is 4.98 Å². The molecule has 0 spiro atoms. The van der Waals surface area contributed by atoms with Gasteiger partial charge in [0.15, 0.2) is 0 Å². The predicted molar refractivity (Wildman–Crippen MR) is 86.8 cm³/mol. The van der Waals surface area contributed by atoms with Gasteiger partial charge in [0.25, 0.3) is 5.24 Å². The number of rotatable bonds is 4. The van der Waals surface area contributed by atoms with Crippen molar-refractivity contribution < 1.29 is 9.53 Å². The van der Waals surface area contributed by atoms with Crippen molar-refractivity contribution in [3.63, 3.8) is 0 Å². The average molecular weight is 317 g/mol. The molecule has 22 heavy (non-hydrogen) atoms. The highest BCUT2D eigenvalue weighted by Gasteiger charge is 2.26. The third kappa shape index (κ3) is 3.22. The maximum absolute atomic E-state index is 11.5. The van der Waals surface area contributed by atoms with Gasteiger partial charge in [-0.15, -0.1) is 0 Å². The first kappa shape index (κ1) is 14.9. The molecule has 0 radical (unpaired) electrons. The minimum Gasteiger partial charge on any atom is -0.472 e. The molecule has 0 saturated carbocycles. The van der Waals surface area contributed by atoms with Gasteiger partial charge in [-0.25, -0.2) is 4.98 Å². The van der Waals surface area contributed by atoms with Gasteiger partial charge < -0.3 is 9.64 Å². The number of carbonyl (C=O) groups excluding carboxylic acids is 1. The van der Waals surface area contributed by atoms with E-state index in [0.29, 0.717) is 11.4 Å². The molecule has 4 nitrogen and oxygen atoms in total. The van der Waals surface area contributed by atoms with Crippen LogP contribution in [0.4, 0.5) is 5.69 Å². The van der Waals surface area contributed by atoms with Crippen molar-refractivity contribution in [1.29, 1.82) is 0 Å². The first-order valence-corrected chi connectivity index (χ1v) is 7.64. The van der Waals surface area contributed by atoms with Crippen molar-refractivity contribution >= 4 is 22.5 Å². The zero-order valence-corrected chi connectivity index (χ0v) is 13.1. The molecule has 5 heteroatoms. The highest BCUT2D eigenvalue weighted by molar-refractivity contribution is 6.68. The van der Waals surface area contributed by atoms with E-state index in [1.807, 2.05) is 37.3 Å². The smallest absolute Gasteiger partial charge is 0.254 e. The van der Waals surface area contributed by atoms with E-state index in [1.54, 1.807) is 12.3 Å². The molecule has 1 unspecified atom stereocenters. The zero-order valence-electron chi connectivity index (χ0n) is 12.3. The number of halogens is 1. The van der Waals surface area contributed by atoms with E-state index in [4.69, 9.17) is 16.3 Å². The summed E-state index contributed by atoms with van der Waals surface area (Å²) in [6, 6.07) is 11.3. The van der Waals surface area contributed by atoms with Gasteiger partial charge in [0.1, 0.15) is 6.10 Å². The van der Waals surface area contributed by atoms with Crippen LogP contribution in [0, 0.1) is 6.92 Å². The summed E-state index contributed by atoms with van der Waals surface area (Å²) in [4.78, 5) is 17.9. The fourth-order valence-electron chi connectivity index (χ4n) is 2.65. The molecule has 1 aromatic heterocycles. The van der Waals surface area contributed by atoms with E-state index in [9.17, 15) is 4.79 Å². The third-order valence-corrected chi connectivity index (χ3v) is 3.98. The number of nitrogens with zero attached hydrogens (tertiary/aromatic N) is 2. The largest absolute Gasteiger partial charge is 0.472 e. The Morgan fingerprint density at radius 2 is 2.14 bits per heavy atom. The molecule has 114 valence electrons. The lowest BCUT2D eigenvalue weighted by molar-refractivity contribution is 0.108. The summed E-state index contributed by atoms with van der Waals surface area (Å²) in [5.74, 6) is 0.638. The molecule has 1 aliphatic heterocycles. The number of aryl methyl sites for hydroxylation is 1. The Labute approximate surface area is 134 Å². The molecule has 1 fully saturated rings. The first-order chi connectivity index (χ1) is 10.6. The van der Waals surface area contributed by atoms with Crippen LogP contribution in [0.15, 0.2) is 42.6 Å². The number of hydrogen-bond donors (Lipinski definition) is 0. The number of benzene rings is 1. The molecule has 3 rings (SSSR count). The number of aromatic nitrogens is 1. The molecule has 0 amide bonds. The summed E-state index contributed by atoms with van der Waals surface area (Å²) in [6.45, 7) is 3.54. The van der Waals surface area contributed by atoms with Gasteiger partial charge in [-0.3, -0.25) is 4.79 Å². The van der Waals surface area contributed by atoms with Crippen molar-refractivity contribution in [2.75, 3.05) is 18.0 Å². The number of para-hydroxylation sites is 1. The maximum Gasteiger partial charge on any atom is 0.254 e. The highest BCUT2D eigenvalue weighted by Crippen LogP contribution is 2.27. The standard InChI is InChI=1S/C17H17ClN2O2/c1-12-6-7-16(19-10-12)22-13-8-9-20(11-13)15-5-3-2-4-14(15)17(18)21/h2-7,10,13H,8-9,11H2,1H3. The van der Waals surface area contributed by atoms with Crippen LogP contribution in [0.3, 0.4) is 0 Å². The van der Waals surface area contributed by atoms with Gasteiger partial charge in [0.2, 0.25) is 5.88 Å². The third-order valence-electron chi connectivity index (χ3n) is 3.77. The first-order valence-electron chi connectivity index (χ1n) is 7.26. The van der Waals surface area contributed by atoms with Crippen LogP contribution in [-0.2, 0) is 0 Å². The van der Waals surface area contributed by atoms with Gasteiger partial charge >= 0.3 is 0 Å². The van der Waals surface area contributed by atoms with Gasteiger partial charge in [-0.1, -0.05) is 18.2 Å². The minimum absolute atomic E-state index is 0.0636. The Morgan fingerprint density at radius 3 is 2.86 bits per heavy atom. The molecular formula is C17H17ClN2O2. The number of hydrogen-bond acceptors (Lipinski definition) is 4. The topological polar surface area (TPSA) is 42.4 Å². The predicted octanol–water partition coefficient (Wildman–Crippen LogP) is 3.43. The van der Waals surface area contributed by atoms with Crippen molar-refractivity contribution in [2.24, 2.45) is 0 Å². The number of carbonyl (C=O) groups is 1. The van der Waals surface area contributed by atoms with Crippen LogP contribution in [0.2, 0.25) is 0 Å². The van der Waals surface area contributed by atoms with Crippen LogP contribution in [0.5, 0.6) is 5.88 Å². The molecule has 1 saturated heterocycles. The van der Waals surface area contributed by atoms with E-state index in [1.165, 1.54) is 0 Å². The highest BCUT2D eigenvalue weighted by atomic mass is 35.5. The second-order valence-electron chi connectivity index (χ2n) is 5.44. The van der Waals surface area contributed by atoms with Crippen LogP contribution in [0.25, 0.3) is 0 Å². The van der Waals surface area contributed by atoms with Crippen molar-refractivity contribution in [3.8, 4) is 5.88 Å². The molecule has 1 aromatic carbocycles. The lowest BCUT2D eigenvalue weighted by Gasteiger charge is -2.20. The SMILES string of the molecule is Cc1ccc(OC2CCN(c3ccccc3C(=O)Cl)C2)nc1. The Hall–Kier alpha value is -2.07. The summed E-state index contributed by atoms with van der Waals surface area (Å²) >= 11 is 5.66. The normalized spacial score (nSPS) is 17.5. The maximum atomic E-state index is 11.5. The molecule has 1 atom stereocenters. The van der Waals surface area contributed by atoms with Gasteiger partial charge in [0, 0.05) is 30.9 Å². The molecule has 0 aliphatic carbocycles. The fraction of sp³-hybridized carbons (Fsp3) is 0.294. The summed E-state index contributed by atoms with van der Waals surface area (Å²) < 4.78 is 5.91. The van der Waals surface area contributed by atoms with Gasteiger partial charge in [0.05, 0.1) is 12.1 Å². The summed E-state index contributed by atoms with van der Waals surface area (Å²) in [6.07, 6.45) is 2.75. The van der Waals surface area contributed by atoms with Crippen molar-refractivity contribution in [3.05, 3.63) is 53.7 Å². The molecule has 0 N–H and O–H groups in total. The second-order valence-corrected chi connectivity index (χ2v) is 5.78. The van der Waals surface area contributed by atoms with Crippen LogP contribution in [0.1, 0.15) is 22.3 Å². The minimum atomic E-state index is -0.430. The van der Waals surface area contributed by atoms with Crippen molar-refractivity contribution in [2.45, 2.75) is 19.4 Å². The van der Waals surface area contributed by atoms with E-state index < -0.39 is 5.24 Å². The van der Waals surface area contributed by atoms with E-state index in [-0.39, 0.29) is 6.10 Å². The lowest BCUT2D eigenvalue weighted by atomic mass is 10.2. The van der Waals surface area contributed by atoms with Crippen LogP contribution in [-0.4, -0.2) is 29.4 Å². The Morgan fingerprint density at radius 1 is 1.32 bits per heavy atom. The number of anilines is 1. The van der Waals surface area contributed by atoms with E-state index in [0.717, 1.165) is 30.8 Å². The number of ether oxygens (including phenoxy) is 1. The fourth-order valence-corrected chi connectivity index (χ4v) is 2.81. The molecule has 0 bridgehead atoms. The zero-order chi connectivity index (χ0) is 15.5. The van der Waals surface area contributed by atoms with E-state index in [2.05, 4.69) is 9.88 Å². The lowest BCUT2D eigenvalue weighted by Crippen LogP contribution is -2.25. The Kier molecular flexibility index (Phi) is 4.29. The quantitative estimate of drug-likeness (QED) is 0.811. The molecule has 2 heterocycles. The molecule has 1 aliphatic rings. The van der Waals surface area contributed by atoms with E-state index >= 15 is 0 Å². The van der Waals surface area contributed by atoms with Crippen LogP contribution < -0.4 is 9.64 Å². The summed E-state index contributed by atoms with van der Waals surface area (Å²) in [7, 11) is 0. The average Bonchev–Trinajstić information content (AvgIpc) is 2.98. The van der Waals surface area contributed by atoms with Crippen LogP contribution >= 0.6 is 11.6 Å². The Bertz CT molecular complexity index is 673. The second kappa shape index (κ2) is 6.36. The monoisotopic (exact) mass is 316 g/mol.